The third-order valence-corrected chi connectivity index (χ3v) is 3.86. The highest BCUT2D eigenvalue weighted by Gasteiger charge is 2.33. The Labute approximate surface area is 84.0 Å². The van der Waals surface area contributed by atoms with Crippen LogP contribution in [0.15, 0.2) is 0 Å². The molecular weight excluding hydrogens is 208 g/mol. The second-order valence-electron chi connectivity index (χ2n) is 3.27. The van der Waals surface area contributed by atoms with Crippen LogP contribution in [0, 0.1) is 0 Å². The van der Waals surface area contributed by atoms with E-state index in [4.69, 9.17) is 9.84 Å². The van der Waals surface area contributed by atoms with Gasteiger partial charge in [0.25, 0.3) is 10.2 Å². The van der Waals surface area contributed by atoms with Gasteiger partial charge in [0, 0.05) is 19.6 Å². The molecule has 0 aromatic heterocycles. The molecule has 1 rings (SSSR count). The van der Waals surface area contributed by atoms with Crippen LogP contribution in [0.1, 0.15) is 6.92 Å². The Hall–Kier alpha value is -0.210. The number of aliphatic hydroxyl groups excluding tert-OH is 1. The molecule has 0 aliphatic carbocycles. The van der Waals surface area contributed by atoms with Gasteiger partial charge in [0.1, 0.15) is 0 Å². The van der Waals surface area contributed by atoms with E-state index in [0.717, 1.165) is 0 Å². The lowest BCUT2D eigenvalue weighted by Gasteiger charge is -2.35. The van der Waals surface area contributed by atoms with Crippen molar-refractivity contribution in [2.45, 2.75) is 19.1 Å². The second kappa shape index (κ2) is 4.54. The average molecular weight is 224 g/mol. The summed E-state index contributed by atoms with van der Waals surface area (Å²) in [6, 6.07) is -0.199. The van der Waals surface area contributed by atoms with Crippen LogP contribution in [0.25, 0.3) is 0 Å². The number of hydrogen-bond acceptors (Lipinski definition) is 4. The molecule has 0 aromatic carbocycles. The van der Waals surface area contributed by atoms with Gasteiger partial charge < -0.3 is 9.84 Å². The predicted molar refractivity (Wildman–Crippen MR) is 51.0 cm³/mol. The van der Waals surface area contributed by atoms with Crippen molar-refractivity contribution in [2.24, 2.45) is 0 Å². The molecule has 2 N–H and O–H groups in total. The molecule has 0 aromatic rings. The van der Waals surface area contributed by atoms with E-state index in [0.29, 0.717) is 6.61 Å². The quantitative estimate of drug-likeness (QED) is 0.613. The molecule has 1 saturated heterocycles. The number of nitrogens with zero attached hydrogens (tertiary/aromatic N) is 1. The van der Waals surface area contributed by atoms with E-state index in [2.05, 4.69) is 4.72 Å². The third-order valence-electron chi connectivity index (χ3n) is 2.22. The Morgan fingerprint density at radius 2 is 2.29 bits per heavy atom. The number of hydrogen-bond donors (Lipinski definition) is 2. The molecule has 0 bridgehead atoms. The van der Waals surface area contributed by atoms with Crippen molar-refractivity contribution in [3.63, 3.8) is 0 Å². The Morgan fingerprint density at radius 3 is 2.79 bits per heavy atom. The number of rotatable bonds is 3. The fourth-order valence-corrected chi connectivity index (χ4v) is 2.49. The largest absolute Gasteiger partial charge is 0.394 e. The highest BCUT2D eigenvalue weighted by molar-refractivity contribution is 7.87. The van der Waals surface area contributed by atoms with Crippen molar-refractivity contribution < 1.29 is 18.3 Å². The smallest absolute Gasteiger partial charge is 0.279 e. The second-order valence-corrected chi connectivity index (χ2v) is 5.09. The lowest BCUT2D eigenvalue weighted by atomic mass is 10.2. The fraction of sp³-hybridized carbons (Fsp3) is 1.00. The van der Waals surface area contributed by atoms with Gasteiger partial charge in [0.15, 0.2) is 0 Å². The Kier molecular flexibility index (Phi) is 3.85. The van der Waals surface area contributed by atoms with Crippen molar-refractivity contribution in [3.8, 4) is 0 Å². The van der Waals surface area contributed by atoms with E-state index in [-0.39, 0.29) is 19.2 Å². The van der Waals surface area contributed by atoms with Crippen molar-refractivity contribution in [1.29, 1.82) is 0 Å². The highest BCUT2D eigenvalue weighted by Crippen LogP contribution is 2.14. The van der Waals surface area contributed by atoms with Crippen molar-refractivity contribution in [2.75, 3.05) is 26.8 Å². The zero-order valence-corrected chi connectivity index (χ0v) is 9.12. The molecule has 0 amide bonds. The van der Waals surface area contributed by atoms with Gasteiger partial charge in [-0.1, -0.05) is 0 Å². The topological polar surface area (TPSA) is 78.9 Å². The van der Waals surface area contributed by atoms with Crippen LogP contribution in [0.3, 0.4) is 0 Å². The Morgan fingerprint density at radius 1 is 1.64 bits per heavy atom. The van der Waals surface area contributed by atoms with E-state index in [1.54, 1.807) is 6.92 Å². The molecule has 1 heterocycles. The summed E-state index contributed by atoms with van der Waals surface area (Å²) in [4.78, 5) is 0. The normalized spacial score (nSPS) is 30.5. The molecule has 2 unspecified atom stereocenters. The van der Waals surface area contributed by atoms with Gasteiger partial charge in [-0.3, -0.25) is 0 Å². The summed E-state index contributed by atoms with van der Waals surface area (Å²) in [6.45, 7) is 2.11. The predicted octanol–water partition coefficient (Wildman–Crippen LogP) is -1.47. The molecule has 1 aliphatic heterocycles. The van der Waals surface area contributed by atoms with E-state index >= 15 is 0 Å². The first kappa shape index (κ1) is 11.9. The molecule has 0 saturated carbocycles. The van der Waals surface area contributed by atoms with Gasteiger partial charge in [-0.05, 0) is 6.92 Å². The number of aliphatic hydroxyl groups is 1. The van der Waals surface area contributed by atoms with Crippen molar-refractivity contribution in [1.82, 2.24) is 9.03 Å². The van der Waals surface area contributed by atoms with Crippen LogP contribution in [-0.4, -0.2) is 56.8 Å². The minimum Gasteiger partial charge on any atom is -0.394 e. The first-order valence-electron chi connectivity index (χ1n) is 4.44. The first-order valence-corrected chi connectivity index (χ1v) is 5.88. The van der Waals surface area contributed by atoms with Gasteiger partial charge in [-0.25, -0.2) is 4.72 Å². The monoisotopic (exact) mass is 224 g/mol. The van der Waals surface area contributed by atoms with E-state index < -0.39 is 16.3 Å². The zero-order chi connectivity index (χ0) is 10.8. The van der Waals surface area contributed by atoms with Crippen LogP contribution in [-0.2, 0) is 14.9 Å². The van der Waals surface area contributed by atoms with Crippen LogP contribution < -0.4 is 4.72 Å². The zero-order valence-electron chi connectivity index (χ0n) is 8.30. The Bertz CT molecular complexity index is 279. The highest BCUT2D eigenvalue weighted by atomic mass is 32.2. The van der Waals surface area contributed by atoms with Crippen LogP contribution in [0.5, 0.6) is 0 Å². The summed E-state index contributed by atoms with van der Waals surface area (Å²) in [5.74, 6) is 0. The third kappa shape index (κ3) is 2.43. The van der Waals surface area contributed by atoms with Crippen molar-refractivity contribution >= 4 is 10.2 Å². The maximum atomic E-state index is 11.5. The molecule has 2 atom stereocenters. The number of nitrogens with one attached hydrogen (secondary N) is 1. The van der Waals surface area contributed by atoms with E-state index in [1.807, 2.05) is 0 Å². The standard InChI is InChI=1S/C7H16N2O4S/c1-6-5-13-7(4-10)3-9(6)14(11,12)8-2/h6-8,10H,3-5H2,1-2H3. The first-order chi connectivity index (χ1) is 6.51. The summed E-state index contributed by atoms with van der Waals surface area (Å²) >= 11 is 0. The minimum atomic E-state index is -3.42. The summed E-state index contributed by atoms with van der Waals surface area (Å²) in [6.07, 6.45) is -0.422. The maximum absolute atomic E-state index is 11.5. The molecule has 1 fully saturated rings. The van der Waals surface area contributed by atoms with Crippen molar-refractivity contribution in [3.05, 3.63) is 0 Å². The summed E-state index contributed by atoms with van der Waals surface area (Å²) in [5, 5.41) is 8.87. The van der Waals surface area contributed by atoms with Gasteiger partial charge in [-0.15, -0.1) is 0 Å². The Balaban J connectivity index is 2.75. The molecule has 0 spiro atoms. The molecule has 14 heavy (non-hydrogen) atoms. The van der Waals surface area contributed by atoms with Gasteiger partial charge in [0.2, 0.25) is 0 Å². The molecule has 7 heteroatoms. The number of morpholine rings is 1. The summed E-state index contributed by atoms with van der Waals surface area (Å²) in [5.41, 5.74) is 0. The molecular formula is C7H16N2O4S. The van der Waals surface area contributed by atoms with Gasteiger partial charge >= 0.3 is 0 Å². The fourth-order valence-electron chi connectivity index (χ4n) is 1.35. The number of ether oxygens (including phenoxy) is 1. The van der Waals surface area contributed by atoms with E-state index in [1.165, 1.54) is 11.4 Å². The molecule has 0 radical (unpaired) electrons. The molecule has 6 nitrogen and oxygen atoms in total. The maximum Gasteiger partial charge on any atom is 0.279 e. The van der Waals surface area contributed by atoms with Crippen LogP contribution >= 0.6 is 0 Å². The van der Waals surface area contributed by atoms with Crippen LogP contribution in [0.2, 0.25) is 0 Å². The SMILES string of the molecule is CNS(=O)(=O)N1CC(CO)OCC1C. The summed E-state index contributed by atoms with van der Waals surface area (Å²) < 4.78 is 31.8. The lowest BCUT2D eigenvalue weighted by molar-refractivity contribution is -0.0518. The molecule has 84 valence electrons. The summed E-state index contributed by atoms with van der Waals surface area (Å²) in [7, 11) is -2.05. The lowest BCUT2D eigenvalue weighted by Crippen LogP contribution is -2.54. The minimum absolute atomic E-state index is 0.164. The average Bonchev–Trinajstić information content (AvgIpc) is 2.18. The van der Waals surface area contributed by atoms with Crippen LogP contribution in [0.4, 0.5) is 0 Å². The van der Waals surface area contributed by atoms with E-state index in [9.17, 15) is 8.42 Å². The molecule has 1 aliphatic rings. The van der Waals surface area contributed by atoms with Gasteiger partial charge in [-0.2, -0.15) is 12.7 Å². The van der Waals surface area contributed by atoms with Gasteiger partial charge in [0.05, 0.1) is 19.3 Å².